The molecule has 0 aromatic rings. The van der Waals surface area contributed by atoms with Gasteiger partial charge in [-0.15, -0.1) is 12.4 Å². The summed E-state index contributed by atoms with van der Waals surface area (Å²) in [5, 5.41) is 3.37. The van der Waals surface area contributed by atoms with Crippen molar-refractivity contribution in [3.05, 3.63) is 0 Å². The number of rotatable bonds is 2. The van der Waals surface area contributed by atoms with E-state index in [-0.39, 0.29) is 18.4 Å². The van der Waals surface area contributed by atoms with E-state index in [1.807, 2.05) is 0 Å². The smallest absolute Gasteiger partial charge is 0.307 e. The molecule has 1 rings (SSSR count). The lowest BCUT2D eigenvalue weighted by atomic mass is 9.82. The van der Waals surface area contributed by atoms with Crippen LogP contribution in [-0.4, -0.2) is 25.7 Å². The Hall–Kier alpha value is -0.280. The first kappa shape index (κ1) is 13.7. The molecule has 14 heavy (non-hydrogen) atoms. The summed E-state index contributed by atoms with van der Waals surface area (Å²) < 4.78 is 4.63. The first-order valence-electron chi connectivity index (χ1n) is 4.84. The predicted molar refractivity (Wildman–Crippen MR) is 58.7 cm³/mol. The van der Waals surface area contributed by atoms with Crippen LogP contribution in [0.15, 0.2) is 0 Å². The first-order chi connectivity index (χ1) is 6.03. The SMILES string of the molecule is COC(=O)CC1CCC(C)(C)CN1.Cl. The molecule has 1 unspecified atom stereocenters. The quantitative estimate of drug-likeness (QED) is 0.723. The Balaban J connectivity index is 0.00000169. The van der Waals surface area contributed by atoms with E-state index < -0.39 is 0 Å². The molecule has 0 aromatic carbocycles. The summed E-state index contributed by atoms with van der Waals surface area (Å²) in [6.07, 6.45) is 2.76. The highest BCUT2D eigenvalue weighted by Crippen LogP contribution is 2.27. The van der Waals surface area contributed by atoms with Gasteiger partial charge in [-0.2, -0.15) is 0 Å². The van der Waals surface area contributed by atoms with Gasteiger partial charge in [-0.25, -0.2) is 0 Å². The Morgan fingerprint density at radius 1 is 1.57 bits per heavy atom. The molecule has 0 aromatic heterocycles. The Kier molecular flexibility index (Phi) is 5.45. The number of ether oxygens (including phenoxy) is 1. The first-order valence-corrected chi connectivity index (χ1v) is 4.84. The Bertz CT molecular complexity index is 185. The monoisotopic (exact) mass is 221 g/mol. The molecule has 0 radical (unpaired) electrons. The molecule has 1 atom stereocenters. The van der Waals surface area contributed by atoms with Crippen molar-refractivity contribution >= 4 is 18.4 Å². The van der Waals surface area contributed by atoms with Crippen LogP contribution in [0.2, 0.25) is 0 Å². The van der Waals surface area contributed by atoms with Crippen molar-refractivity contribution in [2.24, 2.45) is 5.41 Å². The van der Waals surface area contributed by atoms with Crippen LogP contribution in [0.1, 0.15) is 33.1 Å². The van der Waals surface area contributed by atoms with Crippen LogP contribution in [0.5, 0.6) is 0 Å². The third kappa shape index (κ3) is 4.29. The molecule has 1 N–H and O–H groups in total. The van der Waals surface area contributed by atoms with Gasteiger partial charge in [0.05, 0.1) is 13.5 Å². The fraction of sp³-hybridized carbons (Fsp3) is 0.900. The second-order valence-electron chi connectivity index (χ2n) is 4.56. The number of carbonyl (C=O) groups is 1. The molecule has 0 saturated carbocycles. The molecule has 3 nitrogen and oxygen atoms in total. The highest BCUT2D eigenvalue weighted by atomic mass is 35.5. The molecule has 0 aliphatic carbocycles. The van der Waals surface area contributed by atoms with Crippen LogP contribution in [0.3, 0.4) is 0 Å². The van der Waals surface area contributed by atoms with Crippen molar-refractivity contribution in [1.82, 2.24) is 5.32 Å². The molecule has 1 saturated heterocycles. The van der Waals surface area contributed by atoms with Gasteiger partial charge in [0, 0.05) is 12.6 Å². The number of methoxy groups -OCH3 is 1. The summed E-state index contributed by atoms with van der Waals surface area (Å²) in [5.41, 5.74) is 0.382. The maximum absolute atomic E-state index is 11.0. The fourth-order valence-corrected chi connectivity index (χ4v) is 1.63. The zero-order valence-corrected chi connectivity index (χ0v) is 9.95. The third-order valence-electron chi connectivity index (χ3n) is 2.68. The molecule has 1 heterocycles. The molecule has 0 spiro atoms. The van der Waals surface area contributed by atoms with E-state index >= 15 is 0 Å². The number of hydrogen-bond acceptors (Lipinski definition) is 3. The van der Waals surface area contributed by atoms with Crippen LogP contribution in [-0.2, 0) is 9.53 Å². The van der Waals surface area contributed by atoms with Gasteiger partial charge in [-0.3, -0.25) is 4.79 Å². The number of nitrogens with one attached hydrogen (secondary N) is 1. The third-order valence-corrected chi connectivity index (χ3v) is 2.68. The Morgan fingerprint density at radius 3 is 2.64 bits per heavy atom. The lowest BCUT2D eigenvalue weighted by Gasteiger charge is -2.34. The van der Waals surface area contributed by atoms with E-state index in [9.17, 15) is 4.79 Å². The number of hydrogen-bond donors (Lipinski definition) is 1. The number of piperidine rings is 1. The molecule has 1 aliphatic heterocycles. The molecule has 4 heteroatoms. The zero-order valence-electron chi connectivity index (χ0n) is 9.13. The van der Waals surface area contributed by atoms with Crippen molar-refractivity contribution in [1.29, 1.82) is 0 Å². The lowest BCUT2D eigenvalue weighted by molar-refractivity contribution is -0.141. The van der Waals surface area contributed by atoms with Gasteiger partial charge in [0.25, 0.3) is 0 Å². The molecule has 84 valence electrons. The van der Waals surface area contributed by atoms with E-state index in [0.717, 1.165) is 13.0 Å². The molecule has 1 aliphatic rings. The van der Waals surface area contributed by atoms with Crippen LogP contribution < -0.4 is 5.32 Å². The van der Waals surface area contributed by atoms with Gasteiger partial charge in [0.1, 0.15) is 0 Å². The van der Waals surface area contributed by atoms with Crippen molar-refractivity contribution < 1.29 is 9.53 Å². The maximum atomic E-state index is 11.0. The average molecular weight is 222 g/mol. The highest BCUT2D eigenvalue weighted by Gasteiger charge is 2.27. The van der Waals surface area contributed by atoms with E-state index in [0.29, 0.717) is 17.9 Å². The van der Waals surface area contributed by atoms with Crippen molar-refractivity contribution in [2.75, 3.05) is 13.7 Å². The largest absolute Gasteiger partial charge is 0.469 e. The summed E-state index contributed by atoms with van der Waals surface area (Å²) in [7, 11) is 1.44. The zero-order chi connectivity index (χ0) is 9.90. The van der Waals surface area contributed by atoms with Crippen LogP contribution in [0.25, 0.3) is 0 Å². The number of esters is 1. The normalized spacial score (nSPS) is 24.9. The van der Waals surface area contributed by atoms with Crippen LogP contribution >= 0.6 is 12.4 Å². The predicted octanol–water partition coefficient (Wildman–Crippen LogP) is 1.75. The van der Waals surface area contributed by atoms with Crippen molar-refractivity contribution in [3.63, 3.8) is 0 Å². The van der Waals surface area contributed by atoms with Crippen LogP contribution in [0, 0.1) is 5.41 Å². The molecular formula is C10H20ClNO2. The number of carbonyl (C=O) groups excluding carboxylic acids is 1. The highest BCUT2D eigenvalue weighted by molar-refractivity contribution is 5.85. The Labute approximate surface area is 92.0 Å². The average Bonchev–Trinajstić information content (AvgIpc) is 2.08. The van der Waals surface area contributed by atoms with Crippen molar-refractivity contribution in [3.8, 4) is 0 Å². The minimum atomic E-state index is -0.114. The molecular weight excluding hydrogens is 202 g/mol. The van der Waals surface area contributed by atoms with Crippen LogP contribution in [0.4, 0.5) is 0 Å². The molecule has 0 bridgehead atoms. The summed E-state index contributed by atoms with van der Waals surface area (Å²) >= 11 is 0. The van der Waals surface area contributed by atoms with E-state index in [1.54, 1.807) is 0 Å². The van der Waals surface area contributed by atoms with Crippen molar-refractivity contribution in [2.45, 2.75) is 39.2 Å². The van der Waals surface area contributed by atoms with Gasteiger partial charge in [-0.1, -0.05) is 13.8 Å². The Morgan fingerprint density at radius 2 is 2.21 bits per heavy atom. The van der Waals surface area contributed by atoms with Gasteiger partial charge >= 0.3 is 5.97 Å². The van der Waals surface area contributed by atoms with Gasteiger partial charge in [0.15, 0.2) is 0 Å². The van der Waals surface area contributed by atoms with E-state index in [2.05, 4.69) is 23.9 Å². The maximum Gasteiger partial charge on any atom is 0.307 e. The van der Waals surface area contributed by atoms with Gasteiger partial charge in [0.2, 0.25) is 0 Å². The van der Waals surface area contributed by atoms with E-state index in [1.165, 1.54) is 13.5 Å². The van der Waals surface area contributed by atoms with Gasteiger partial charge in [-0.05, 0) is 18.3 Å². The number of halogens is 1. The summed E-state index contributed by atoms with van der Waals surface area (Å²) in [6.45, 7) is 5.48. The molecule has 0 amide bonds. The minimum Gasteiger partial charge on any atom is -0.469 e. The van der Waals surface area contributed by atoms with E-state index in [4.69, 9.17) is 0 Å². The summed E-state index contributed by atoms with van der Waals surface area (Å²) in [4.78, 5) is 11.0. The van der Waals surface area contributed by atoms with Gasteiger partial charge < -0.3 is 10.1 Å². The molecule has 1 fully saturated rings. The standard InChI is InChI=1S/C10H19NO2.ClH/c1-10(2)5-4-8(11-7-10)6-9(12)13-3;/h8,11H,4-7H2,1-3H3;1H. The fourth-order valence-electron chi connectivity index (χ4n) is 1.63. The topological polar surface area (TPSA) is 38.3 Å². The minimum absolute atomic E-state index is 0. The second kappa shape index (κ2) is 5.56. The second-order valence-corrected chi connectivity index (χ2v) is 4.56. The summed E-state index contributed by atoms with van der Waals surface area (Å²) in [6, 6.07) is 0.320. The summed E-state index contributed by atoms with van der Waals surface area (Å²) in [5.74, 6) is -0.114. The lowest BCUT2D eigenvalue weighted by Crippen LogP contribution is -2.44.